The summed E-state index contributed by atoms with van der Waals surface area (Å²) in [6.07, 6.45) is 2.04. The highest BCUT2D eigenvalue weighted by Gasteiger charge is 2.29. The van der Waals surface area contributed by atoms with Gasteiger partial charge < -0.3 is 14.6 Å². The quantitative estimate of drug-likeness (QED) is 0.559. The summed E-state index contributed by atoms with van der Waals surface area (Å²) in [5.74, 6) is 0.623. The van der Waals surface area contributed by atoms with Crippen molar-refractivity contribution >= 4 is 38.9 Å². The minimum Gasteiger partial charge on any atom is -0.495 e. The van der Waals surface area contributed by atoms with E-state index >= 15 is 0 Å². The Balaban J connectivity index is 1.59. The molecule has 2 N–H and O–H groups in total. The molecular weight excluding hydrogens is 430 g/mol. The molecule has 0 aliphatic heterocycles. The first-order chi connectivity index (χ1) is 14.4. The van der Waals surface area contributed by atoms with Crippen molar-refractivity contribution in [2.75, 3.05) is 17.1 Å². The third-order valence-corrected chi connectivity index (χ3v) is 6.29. The predicted molar refractivity (Wildman–Crippen MR) is 112 cm³/mol. The van der Waals surface area contributed by atoms with Gasteiger partial charge in [0.25, 0.3) is 15.9 Å². The van der Waals surface area contributed by atoms with Crippen LogP contribution < -0.4 is 14.8 Å². The molecule has 0 atom stereocenters. The van der Waals surface area contributed by atoms with Gasteiger partial charge in [-0.05, 0) is 43.2 Å². The van der Waals surface area contributed by atoms with Crippen LogP contribution in [0.5, 0.6) is 5.75 Å². The molecule has 30 heavy (non-hydrogen) atoms. The zero-order valence-electron chi connectivity index (χ0n) is 15.9. The van der Waals surface area contributed by atoms with Crippen molar-refractivity contribution in [3.05, 3.63) is 65.0 Å². The Kier molecular flexibility index (Phi) is 5.40. The maximum absolute atomic E-state index is 12.9. The standard InChI is InChI=1S/C20H18ClN3O5S/c1-28-17-9-8-13(22-20(25)16-11-18(29-23-16)12-6-7-12)10-19(17)30(26,27)24-15-5-3-2-4-14(15)21/h2-5,8-12,24H,6-7H2,1H3,(H,22,25). The highest BCUT2D eigenvalue weighted by molar-refractivity contribution is 7.92. The van der Waals surface area contributed by atoms with Gasteiger partial charge in [-0.3, -0.25) is 9.52 Å². The van der Waals surface area contributed by atoms with E-state index in [0.29, 0.717) is 11.7 Å². The lowest BCUT2D eigenvalue weighted by Gasteiger charge is -2.14. The van der Waals surface area contributed by atoms with E-state index < -0.39 is 15.9 Å². The van der Waals surface area contributed by atoms with Crippen LogP contribution in [-0.4, -0.2) is 26.6 Å². The van der Waals surface area contributed by atoms with Gasteiger partial charge in [0.05, 0.1) is 17.8 Å². The Labute approximate surface area is 178 Å². The zero-order valence-corrected chi connectivity index (χ0v) is 17.5. The maximum atomic E-state index is 12.9. The first kappa shape index (κ1) is 20.2. The molecule has 1 fully saturated rings. The molecule has 0 radical (unpaired) electrons. The summed E-state index contributed by atoms with van der Waals surface area (Å²) in [5.41, 5.74) is 0.619. The smallest absolute Gasteiger partial charge is 0.277 e. The Morgan fingerprint density at radius 1 is 1.20 bits per heavy atom. The second-order valence-electron chi connectivity index (χ2n) is 6.79. The number of aromatic nitrogens is 1. The molecule has 2 aromatic carbocycles. The number of para-hydroxylation sites is 1. The van der Waals surface area contributed by atoms with Crippen LogP contribution in [0.25, 0.3) is 0 Å². The fraction of sp³-hybridized carbons (Fsp3) is 0.200. The van der Waals surface area contributed by atoms with Crippen molar-refractivity contribution < 1.29 is 22.5 Å². The number of rotatable bonds is 7. The number of carbonyl (C=O) groups excluding carboxylic acids is 1. The topological polar surface area (TPSA) is 111 Å². The van der Waals surface area contributed by atoms with E-state index in [2.05, 4.69) is 15.2 Å². The van der Waals surface area contributed by atoms with Gasteiger partial charge in [0.15, 0.2) is 5.69 Å². The summed E-state index contributed by atoms with van der Waals surface area (Å²) in [7, 11) is -2.69. The zero-order chi connectivity index (χ0) is 21.3. The Bertz CT molecular complexity index is 1200. The summed E-state index contributed by atoms with van der Waals surface area (Å²) in [4.78, 5) is 12.3. The molecule has 4 rings (SSSR count). The molecule has 8 nitrogen and oxygen atoms in total. The van der Waals surface area contributed by atoms with Gasteiger partial charge in [0.2, 0.25) is 0 Å². The number of hydrogen-bond donors (Lipinski definition) is 2. The number of benzene rings is 2. The van der Waals surface area contributed by atoms with Crippen LogP contribution in [0.2, 0.25) is 5.02 Å². The lowest BCUT2D eigenvalue weighted by molar-refractivity contribution is 0.101. The molecule has 10 heteroatoms. The Morgan fingerprint density at radius 3 is 2.67 bits per heavy atom. The minimum atomic E-state index is -4.05. The van der Waals surface area contributed by atoms with Crippen molar-refractivity contribution in [1.29, 1.82) is 0 Å². The van der Waals surface area contributed by atoms with Gasteiger partial charge in [0.1, 0.15) is 16.4 Å². The normalized spacial score (nSPS) is 13.7. The molecule has 1 saturated carbocycles. The molecule has 1 heterocycles. The molecule has 0 spiro atoms. The van der Waals surface area contributed by atoms with Crippen LogP contribution in [0.4, 0.5) is 11.4 Å². The molecular formula is C20H18ClN3O5S. The second-order valence-corrected chi connectivity index (χ2v) is 8.85. The number of sulfonamides is 1. The summed E-state index contributed by atoms with van der Waals surface area (Å²) >= 11 is 6.06. The molecule has 1 aliphatic rings. The molecule has 0 bridgehead atoms. The highest BCUT2D eigenvalue weighted by Crippen LogP contribution is 2.40. The lowest BCUT2D eigenvalue weighted by Crippen LogP contribution is -2.16. The SMILES string of the molecule is COc1ccc(NC(=O)c2cc(C3CC3)on2)cc1S(=O)(=O)Nc1ccccc1Cl. The van der Waals surface area contributed by atoms with E-state index in [9.17, 15) is 13.2 Å². The second kappa shape index (κ2) is 8.00. The lowest BCUT2D eigenvalue weighted by atomic mass is 10.2. The summed E-state index contributed by atoms with van der Waals surface area (Å²) in [5, 5.41) is 6.67. The van der Waals surface area contributed by atoms with E-state index in [1.54, 1.807) is 30.3 Å². The molecule has 156 valence electrons. The molecule has 0 saturated heterocycles. The largest absolute Gasteiger partial charge is 0.495 e. The van der Waals surface area contributed by atoms with E-state index in [-0.39, 0.29) is 32.7 Å². The highest BCUT2D eigenvalue weighted by atomic mass is 35.5. The fourth-order valence-corrected chi connectivity index (χ4v) is 4.37. The predicted octanol–water partition coefficient (Wildman–Crippen LogP) is 4.27. The average Bonchev–Trinajstić information content (AvgIpc) is 3.46. The van der Waals surface area contributed by atoms with Crippen molar-refractivity contribution in [2.24, 2.45) is 0 Å². The number of anilines is 2. The van der Waals surface area contributed by atoms with Gasteiger partial charge in [-0.15, -0.1) is 0 Å². The molecule has 1 aliphatic carbocycles. The van der Waals surface area contributed by atoms with Gasteiger partial charge >= 0.3 is 0 Å². The van der Waals surface area contributed by atoms with Crippen molar-refractivity contribution in [3.8, 4) is 5.75 Å². The van der Waals surface area contributed by atoms with E-state index in [1.807, 2.05) is 0 Å². The van der Waals surface area contributed by atoms with Gasteiger partial charge in [-0.1, -0.05) is 28.9 Å². The molecule has 3 aromatic rings. The fourth-order valence-electron chi connectivity index (χ4n) is 2.86. The third-order valence-electron chi connectivity index (χ3n) is 4.57. The van der Waals surface area contributed by atoms with Crippen molar-refractivity contribution in [2.45, 2.75) is 23.7 Å². The Hall–Kier alpha value is -3.04. The van der Waals surface area contributed by atoms with Crippen LogP contribution in [0, 0.1) is 0 Å². The number of methoxy groups -OCH3 is 1. The summed E-state index contributed by atoms with van der Waals surface area (Å²) in [6, 6.07) is 12.4. The van der Waals surface area contributed by atoms with Gasteiger partial charge in [-0.25, -0.2) is 8.42 Å². The van der Waals surface area contributed by atoms with Crippen molar-refractivity contribution in [1.82, 2.24) is 5.16 Å². The first-order valence-corrected chi connectivity index (χ1v) is 11.0. The number of amides is 1. The third kappa shape index (κ3) is 4.27. The minimum absolute atomic E-state index is 0.116. The molecule has 1 amide bonds. The van der Waals surface area contributed by atoms with Crippen LogP contribution >= 0.6 is 11.6 Å². The summed E-state index contributed by atoms with van der Waals surface area (Å²) < 4.78 is 38.7. The number of nitrogens with one attached hydrogen (secondary N) is 2. The van der Waals surface area contributed by atoms with Crippen LogP contribution in [0.1, 0.15) is 35.0 Å². The Morgan fingerprint density at radius 2 is 1.97 bits per heavy atom. The van der Waals surface area contributed by atoms with Gasteiger partial charge in [-0.2, -0.15) is 0 Å². The van der Waals surface area contributed by atoms with E-state index in [1.165, 1.54) is 25.3 Å². The van der Waals surface area contributed by atoms with Crippen LogP contribution in [0.3, 0.4) is 0 Å². The average molecular weight is 448 g/mol. The number of carbonyl (C=O) groups is 1. The van der Waals surface area contributed by atoms with Crippen LogP contribution in [-0.2, 0) is 10.0 Å². The number of nitrogens with zero attached hydrogens (tertiary/aromatic N) is 1. The van der Waals surface area contributed by atoms with Crippen LogP contribution in [0.15, 0.2) is 57.9 Å². The van der Waals surface area contributed by atoms with E-state index in [4.69, 9.17) is 20.9 Å². The maximum Gasteiger partial charge on any atom is 0.277 e. The first-order valence-electron chi connectivity index (χ1n) is 9.11. The monoisotopic (exact) mass is 447 g/mol. The molecule has 1 aromatic heterocycles. The number of ether oxygens (including phenoxy) is 1. The van der Waals surface area contributed by atoms with Gasteiger partial charge in [0, 0.05) is 17.7 Å². The molecule has 0 unspecified atom stereocenters. The van der Waals surface area contributed by atoms with E-state index in [0.717, 1.165) is 12.8 Å². The number of halogens is 1. The van der Waals surface area contributed by atoms with Crippen molar-refractivity contribution in [3.63, 3.8) is 0 Å². The summed E-state index contributed by atoms with van der Waals surface area (Å²) in [6.45, 7) is 0. The number of hydrogen-bond acceptors (Lipinski definition) is 6.